The second kappa shape index (κ2) is 26.4. The number of nitrogens with zero attached hydrogens (tertiary/aromatic N) is 6. The summed E-state index contributed by atoms with van der Waals surface area (Å²) in [7, 11) is 1.52. The molecule has 4 aromatic rings. The third-order valence-corrected chi connectivity index (χ3v) is 14.5. The molecule has 0 radical (unpaired) electrons. The minimum atomic E-state index is -0.639. The Bertz CT molecular complexity index is 2630. The largest absolute Gasteiger partial charge is 0.494 e. The van der Waals surface area contributed by atoms with Gasteiger partial charge in [0.05, 0.1) is 69.6 Å². The van der Waals surface area contributed by atoms with Crippen LogP contribution in [0.1, 0.15) is 41.6 Å². The molecule has 3 N–H and O–H groups in total. The molecule has 0 aliphatic carbocycles. The normalized spacial score (nSPS) is 17.9. The van der Waals surface area contributed by atoms with Crippen molar-refractivity contribution in [3.8, 4) is 5.75 Å². The van der Waals surface area contributed by atoms with Gasteiger partial charge in [-0.15, -0.1) is 11.8 Å². The number of rotatable bonds is 24. The van der Waals surface area contributed by atoms with Crippen molar-refractivity contribution in [3.63, 3.8) is 0 Å². The molecule has 4 aliphatic heterocycles. The number of hydrogen-bond donors (Lipinski definition) is 3. The molecule has 1 atom stereocenters. The molecule has 5 heterocycles. The molecule has 0 bridgehead atoms. The van der Waals surface area contributed by atoms with E-state index in [1.165, 1.54) is 31.6 Å². The summed E-state index contributed by atoms with van der Waals surface area (Å²) in [5.41, 5.74) is 3.07. The van der Waals surface area contributed by atoms with Crippen LogP contribution in [0.5, 0.6) is 5.75 Å². The Morgan fingerprint density at radius 2 is 1.63 bits per heavy atom. The van der Waals surface area contributed by atoms with E-state index >= 15 is 0 Å². The number of ether oxygens (including phenoxy) is 5. The smallest absolute Gasteiger partial charge is 0.255 e. The number of aromatic nitrogens is 2. The standard InChI is InChI=1S/C51H61ClFN9O10S/c1-68-44-30-41-37(49(55-33-54-41)56-34-7-8-40(53)39(52)28-34)29-42(44)57-46(63)6-3-13-59-14-11-35(12-15-59)60-16-18-61(19-17-60)48(65)32-72-25-24-70-21-20-69-22-23-71-26-27-73-45-5-2-4-36-38(45)31-62(51(36)67)43-9-10-47(64)58-50(43)66/h2-8,28-30,33,35,43H,9-27,31-32H2,1H3,(H,57,63)(H,54,55,56)(H,58,64,66)/b6-3+. The molecule has 0 saturated carbocycles. The van der Waals surface area contributed by atoms with Crippen LogP contribution in [-0.4, -0.2) is 183 Å². The van der Waals surface area contributed by atoms with Crippen LogP contribution < -0.4 is 20.7 Å². The first-order chi connectivity index (χ1) is 35.5. The van der Waals surface area contributed by atoms with E-state index < -0.39 is 17.8 Å². The first kappa shape index (κ1) is 53.5. The number of methoxy groups -OCH3 is 1. The van der Waals surface area contributed by atoms with Gasteiger partial charge in [0.2, 0.25) is 23.6 Å². The van der Waals surface area contributed by atoms with Gasteiger partial charge in [0.15, 0.2) is 0 Å². The van der Waals surface area contributed by atoms with Gasteiger partial charge in [0, 0.05) is 91.2 Å². The number of anilines is 3. The molecule has 1 unspecified atom stereocenters. The molecule has 8 rings (SSSR count). The first-order valence-corrected chi connectivity index (χ1v) is 25.9. The summed E-state index contributed by atoms with van der Waals surface area (Å²) in [6.45, 7) is 8.59. The number of thioether (sulfide) groups is 1. The number of piperazine rings is 1. The van der Waals surface area contributed by atoms with Crippen molar-refractivity contribution in [2.45, 2.75) is 49.2 Å². The van der Waals surface area contributed by atoms with Gasteiger partial charge in [0.25, 0.3) is 5.91 Å². The highest BCUT2D eigenvalue weighted by molar-refractivity contribution is 7.99. The Labute approximate surface area is 432 Å². The van der Waals surface area contributed by atoms with Crippen molar-refractivity contribution < 1.29 is 52.0 Å². The van der Waals surface area contributed by atoms with E-state index in [1.54, 1.807) is 40.9 Å². The zero-order valence-electron chi connectivity index (χ0n) is 40.8. The summed E-state index contributed by atoms with van der Waals surface area (Å²) >= 11 is 7.57. The minimum absolute atomic E-state index is 0.0170. The SMILES string of the molecule is COc1cc2ncnc(Nc3ccc(F)c(Cl)c3)c2cc1NC(=O)/C=C/CN1CCC(N2CCN(C(=O)COCCOCCOCCOCCSc3cccc4c3CN(C3CCC(=O)NC3=O)C4=O)CC2)CC1. The molecule has 19 nitrogen and oxygen atoms in total. The number of fused-ring (bicyclic) bond motifs is 2. The first-order valence-electron chi connectivity index (χ1n) is 24.5. The van der Waals surface area contributed by atoms with Gasteiger partial charge in [-0.2, -0.15) is 0 Å². The number of piperidine rings is 2. The Morgan fingerprint density at radius 3 is 2.36 bits per heavy atom. The minimum Gasteiger partial charge on any atom is -0.494 e. The molecule has 5 amide bonds. The average Bonchev–Trinajstić information content (AvgIpc) is 3.73. The van der Waals surface area contributed by atoms with E-state index in [0.29, 0.717) is 130 Å². The number of carbonyl (C=O) groups is 5. The zero-order chi connectivity index (χ0) is 51.1. The van der Waals surface area contributed by atoms with Gasteiger partial charge < -0.3 is 44.1 Å². The number of imide groups is 1. The van der Waals surface area contributed by atoms with Crippen LogP contribution in [-0.2, 0) is 44.7 Å². The lowest BCUT2D eigenvalue weighted by Gasteiger charge is -2.42. The Morgan fingerprint density at radius 1 is 0.890 bits per heavy atom. The number of benzene rings is 3. The lowest BCUT2D eigenvalue weighted by Crippen LogP contribution is -2.54. The number of likely N-dealkylation sites (tertiary alicyclic amines) is 1. The van der Waals surface area contributed by atoms with Crippen LogP contribution in [0.4, 0.5) is 21.6 Å². The van der Waals surface area contributed by atoms with Gasteiger partial charge in [0.1, 0.15) is 36.4 Å². The second-order valence-corrected chi connectivity index (χ2v) is 19.4. The molecular weight excluding hydrogens is 985 g/mol. The summed E-state index contributed by atoms with van der Waals surface area (Å²) in [6.07, 6.45) is 7.35. The van der Waals surface area contributed by atoms with Crippen LogP contribution in [0.2, 0.25) is 5.02 Å². The van der Waals surface area contributed by atoms with Gasteiger partial charge in [-0.25, -0.2) is 14.4 Å². The van der Waals surface area contributed by atoms with Crippen LogP contribution in [0.25, 0.3) is 10.9 Å². The van der Waals surface area contributed by atoms with Crippen molar-refractivity contribution >= 4 is 81.0 Å². The van der Waals surface area contributed by atoms with E-state index in [2.05, 4.69) is 35.7 Å². The quantitative estimate of drug-likeness (QED) is 0.0370. The van der Waals surface area contributed by atoms with Gasteiger partial charge >= 0.3 is 0 Å². The molecular formula is C51H61ClFN9O10S. The van der Waals surface area contributed by atoms with Crippen molar-refractivity contribution in [2.24, 2.45) is 0 Å². The monoisotopic (exact) mass is 1050 g/mol. The fourth-order valence-electron chi connectivity index (χ4n) is 9.26. The molecule has 22 heteroatoms. The third-order valence-electron chi connectivity index (χ3n) is 13.1. The maximum atomic E-state index is 13.7. The number of halogens is 2. The molecule has 73 heavy (non-hydrogen) atoms. The maximum absolute atomic E-state index is 13.7. The van der Waals surface area contributed by atoms with Crippen molar-refractivity contribution in [1.82, 2.24) is 34.9 Å². The molecule has 0 spiro atoms. The number of hydrogen-bond acceptors (Lipinski definition) is 16. The summed E-state index contributed by atoms with van der Waals surface area (Å²) in [4.78, 5) is 80.9. The lowest BCUT2D eigenvalue weighted by atomic mass is 10.0. The highest BCUT2D eigenvalue weighted by atomic mass is 35.5. The van der Waals surface area contributed by atoms with Crippen molar-refractivity contribution in [1.29, 1.82) is 0 Å². The Balaban J connectivity index is 0.629. The topological polar surface area (TPSA) is 206 Å². The molecule has 4 aliphatic rings. The molecule has 3 fully saturated rings. The number of nitrogens with one attached hydrogen (secondary N) is 3. The van der Waals surface area contributed by atoms with Crippen LogP contribution in [0.3, 0.4) is 0 Å². The van der Waals surface area contributed by atoms with E-state index in [1.807, 2.05) is 23.1 Å². The fourth-order valence-corrected chi connectivity index (χ4v) is 10.4. The maximum Gasteiger partial charge on any atom is 0.255 e. The van der Waals surface area contributed by atoms with E-state index in [-0.39, 0.29) is 41.7 Å². The summed E-state index contributed by atoms with van der Waals surface area (Å²) in [5.74, 6) is -0.188. The number of amides is 5. The van der Waals surface area contributed by atoms with Crippen molar-refractivity contribution in [3.05, 3.63) is 89.0 Å². The van der Waals surface area contributed by atoms with Crippen molar-refractivity contribution in [2.75, 3.05) is 122 Å². The Kier molecular flexibility index (Phi) is 19.4. The highest BCUT2D eigenvalue weighted by Crippen LogP contribution is 2.36. The van der Waals surface area contributed by atoms with Crippen LogP contribution in [0.15, 0.2) is 71.9 Å². The zero-order valence-corrected chi connectivity index (χ0v) is 42.4. The van der Waals surface area contributed by atoms with Crippen LogP contribution >= 0.6 is 23.4 Å². The van der Waals surface area contributed by atoms with Gasteiger partial charge in [-0.05, 0) is 74.3 Å². The second-order valence-electron chi connectivity index (χ2n) is 17.8. The highest BCUT2D eigenvalue weighted by Gasteiger charge is 2.40. The summed E-state index contributed by atoms with van der Waals surface area (Å²) in [5, 5.41) is 9.00. The van der Waals surface area contributed by atoms with Crippen LogP contribution in [0, 0.1) is 5.82 Å². The molecule has 3 saturated heterocycles. The molecule has 390 valence electrons. The molecule has 3 aromatic carbocycles. The Hall–Kier alpha value is -5.78. The fraction of sp³-hybridized carbons (Fsp3) is 0.471. The van der Waals surface area contributed by atoms with E-state index in [0.717, 1.165) is 49.5 Å². The third kappa shape index (κ3) is 14.5. The van der Waals surface area contributed by atoms with Gasteiger partial charge in [-0.1, -0.05) is 23.7 Å². The molecule has 1 aromatic heterocycles. The predicted octanol–water partition coefficient (Wildman–Crippen LogP) is 4.90. The lowest BCUT2D eigenvalue weighted by molar-refractivity contribution is -0.139. The van der Waals surface area contributed by atoms with E-state index in [9.17, 15) is 28.4 Å². The summed E-state index contributed by atoms with van der Waals surface area (Å²) in [6, 6.07) is 13.1. The summed E-state index contributed by atoms with van der Waals surface area (Å²) < 4.78 is 41.9. The van der Waals surface area contributed by atoms with E-state index in [4.69, 9.17) is 35.3 Å². The van der Waals surface area contributed by atoms with Gasteiger partial charge in [-0.3, -0.25) is 39.1 Å². The predicted molar refractivity (Wildman–Crippen MR) is 273 cm³/mol. The average molecular weight is 1050 g/mol. The number of carbonyl (C=O) groups excluding carboxylic acids is 5.